The second-order valence-corrected chi connectivity index (χ2v) is 4.70. The first kappa shape index (κ1) is 13.5. The molecule has 0 atom stereocenters. The van der Waals surface area contributed by atoms with E-state index in [1.54, 1.807) is 24.3 Å². The summed E-state index contributed by atoms with van der Waals surface area (Å²) < 4.78 is 19.3. The van der Waals surface area contributed by atoms with Gasteiger partial charge >= 0.3 is 5.97 Å². The lowest BCUT2D eigenvalue weighted by atomic mass is 10.1. The van der Waals surface area contributed by atoms with Crippen LogP contribution in [-0.4, -0.2) is 11.1 Å². The van der Waals surface area contributed by atoms with Crippen molar-refractivity contribution in [1.29, 1.82) is 0 Å². The minimum atomic E-state index is -0.981. The number of aromatic carboxylic acids is 1. The third-order valence-corrected chi connectivity index (χ3v) is 3.12. The van der Waals surface area contributed by atoms with E-state index in [1.165, 1.54) is 18.2 Å². The molecule has 2 aromatic carbocycles. The summed E-state index contributed by atoms with van der Waals surface area (Å²) in [4.78, 5) is 10.7. The maximum absolute atomic E-state index is 13.6. The van der Waals surface area contributed by atoms with Crippen LogP contribution in [0.1, 0.15) is 15.9 Å². The van der Waals surface area contributed by atoms with Gasteiger partial charge in [-0.1, -0.05) is 18.2 Å². The van der Waals surface area contributed by atoms with Crippen molar-refractivity contribution in [1.82, 2.24) is 0 Å². The van der Waals surface area contributed by atoms with Crippen molar-refractivity contribution >= 4 is 21.9 Å². The van der Waals surface area contributed by atoms with Crippen LogP contribution in [0.15, 0.2) is 46.9 Å². The summed E-state index contributed by atoms with van der Waals surface area (Å²) in [5, 5.41) is 8.76. The Labute approximate surface area is 117 Å². The van der Waals surface area contributed by atoms with Crippen molar-refractivity contribution in [2.24, 2.45) is 0 Å². The van der Waals surface area contributed by atoms with Crippen molar-refractivity contribution in [3.8, 4) is 5.75 Å². The van der Waals surface area contributed by atoms with Crippen LogP contribution in [0.4, 0.5) is 4.39 Å². The van der Waals surface area contributed by atoms with E-state index in [9.17, 15) is 9.18 Å². The van der Waals surface area contributed by atoms with Gasteiger partial charge in [-0.25, -0.2) is 9.18 Å². The Kier molecular flexibility index (Phi) is 4.16. The molecule has 2 aromatic rings. The predicted octanol–water partition coefficient (Wildman–Crippen LogP) is 3.87. The molecule has 0 fully saturated rings. The molecular weight excluding hydrogens is 315 g/mol. The third-order valence-electron chi connectivity index (χ3n) is 2.51. The number of benzene rings is 2. The molecule has 19 heavy (non-hydrogen) atoms. The van der Waals surface area contributed by atoms with Crippen molar-refractivity contribution in [2.75, 3.05) is 0 Å². The molecule has 3 nitrogen and oxygen atoms in total. The summed E-state index contributed by atoms with van der Waals surface area (Å²) in [6.07, 6.45) is 0. The Morgan fingerprint density at radius 3 is 2.53 bits per heavy atom. The maximum atomic E-state index is 13.6. The largest absolute Gasteiger partial charge is 0.486 e. The second-order valence-electron chi connectivity index (χ2n) is 3.84. The van der Waals surface area contributed by atoms with E-state index in [2.05, 4.69) is 15.9 Å². The normalized spacial score (nSPS) is 10.2. The molecule has 0 spiro atoms. The highest BCUT2D eigenvalue weighted by Gasteiger charge is 2.07. The van der Waals surface area contributed by atoms with E-state index in [1.807, 2.05) is 0 Å². The fourth-order valence-electron chi connectivity index (χ4n) is 1.50. The monoisotopic (exact) mass is 324 g/mol. The van der Waals surface area contributed by atoms with Crippen LogP contribution in [0.5, 0.6) is 5.75 Å². The Hall–Kier alpha value is -1.88. The summed E-state index contributed by atoms with van der Waals surface area (Å²) in [5.74, 6) is -1.29. The SMILES string of the molecule is O=C(O)c1ccc(COc2cccc(Br)c2F)cc1. The first-order chi connectivity index (χ1) is 9.08. The second kappa shape index (κ2) is 5.84. The van der Waals surface area contributed by atoms with Crippen LogP contribution in [-0.2, 0) is 6.61 Å². The number of carboxylic acids is 1. The van der Waals surface area contributed by atoms with Gasteiger partial charge in [0.25, 0.3) is 0 Å². The van der Waals surface area contributed by atoms with Crippen molar-refractivity contribution < 1.29 is 19.0 Å². The highest BCUT2D eigenvalue weighted by atomic mass is 79.9. The van der Waals surface area contributed by atoms with Crippen LogP contribution in [0.25, 0.3) is 0 Å². The molecule has 0 aliphatic heterocycles. The summed E-state index contributed by atoms with van der Waals surface area (Å²) in [6.45, 7) is 0.174. The summed E-state index contributed by atoms with van der Waals surface area (Å²) in [6, 6.07) is 11.0. The maximum Gasteiger partial charge on any atom is 0.335 e. The van der Waals surface area contributed by atoms with Gasteiger partial charge in [-0.05, 0) is 45.8 Å². The predicted molar refractivity (Wildman–Crippen MR) is 71.8 cm³/mol. The van der Waals surface area contributed by atoms with E-state index >= 15 is 0 Å². The minimum Gasteiger partial charge on any atom is -0.486 e. The highest BCUT2D eigenvalue weighted by Crippen LogP contribution is 2.25. The lowest BCUT2D eigenvalue weighted by Crippen LogP contribution is -2.00. The molecule has 0 unspecified atom stereocenters. The summed E-state index contributed by atoms with van der Waals surface area (Å²) in [7, 11) is 0. The smallest absolute Gasteiger partial charge is 0.335 e. The Morgan fingerprint density at radius 2 is 1.89 bits per heavy atom. The molecular formula is C14H10BrFO3. The van der Waals surface area contributed by atoms with Crippen LogP contribution in [0, 0.1) is 5.82 Å². The lowest BCUT2D eigenvalue weighted by Gasteiger charge is -2.08. The molecule has 0 radical (unpaired) electrons. The van der Waals surface area contributed by atoms with Crippen molar-refractivity contribution in [3.63, 3.8) is 0 Å². The van der Waals surface area contributed by atoms with Crippen molar-refractivity contribution in [3.05, 3.63) is 63.9 Å². The molecule has 0 bridgehead atoms. The average molecular weight is 325 g/mol. The average Bonchev–Trinajstić information content (AvgIpc) is 2.41. The number of hydrogen-bond acceptors (Lipinski definition) is 2. The number of ether oxygens (including phenoxy) is 1. The molecule has 1 N–H and O–H groups in total. The van der Waals surface area contributed by atoms with Gasteiger partial charge in [0.15, 0.2) is 11.6 Å². The topological polar surface area (TPSA) is 46.5 Å². The quantitative estimate of drug-likeness (QED) is 0.928. The number of halogens is 2. The van der Waals surface area contributed by atoms with Gasteiger partial charge in [0, 0.05) is 0 Å². The fraction of sp³-hybridized carbons (Fsp3) is 0.0714. The molecule has 2 rings (SSSR count). The Bertz CT molecular complexity index is 596. The zero-order chi connectivity index (χ0) is 13.8. The lowest BCUT2D eigenvalue weighted by molar-refractivity contribution is 0.0697. The molecule has 0 amide bonds. The number of carboxylic acid groups (broad SMARTS) is 1. The molecule has 5 heteroatoms. The van der Waals surface area contributed by atoms with E-state index in [0.717, 1.165) is 5.56 Å². The van der Waals surface area contributed by atoms with Crippen molar-refractivity contribution in [2.45, 2.75) is 6.61 Å². The molecule has 0 aliphatic carbocycles. The first-order valence-corrected chi connectivity index (χ1v) is 6.26. The molecule has 0 saturated carbocycles. The van der Waals surface area contributed by atoms with E-state index in [0.29, 0.717) is 4.47 Å². The van der Waals surface area contributed by atoms with Gasteiger partial charge in [-0.2, -0.15) is 0 Å². The fourth-order valence-corrected chi connectivity index (χ4v) is 1.85. The molecule has 0 heterocycles. The van der Waals surface area contributed by atoms with Crippen LogP contribution in [0.3, 0.4) is 0 Å². The molecule has 0 aliphatic rings. The van der Waals surface area contributed by atoms with Gasteiger partial charge in [0.05, 0.1) is 10.0 Å². The van der Waals surface area contributed by atoms with Gasteiger partial charge in [0.2, 0.25) is 0 Å². The zero-order valence-electron chi connectivity index (χ0n) is 9.77. The highest BCUT2D eigenvalue weighted by molar-refractivity contribution is 9.10. The van der Waals surface area contributed by atoms with Gasteiger partial charge in [0.1, 0.15) is 6.61 Å². The van der Waals surface area contributed by atoms with Gasteiger partial charge in [-0.15, -0.1) is 0 Å². The Balaban J connectivity index is 2.06. The van der Waals surface area contributed by atoms with Gasteiger partial charge in [-0.3, -0.25) is 0 Å². The van der Waals surface area contributed by atoms with Crippen LogP contribution in [0.2, 0.25) is 0 Å². The molecule has 0 saturated heterocycles. The molecule has 0 aromatic heterocycles. The van der Waals surface area contributed by atoms with Gasteiger partial charge < -0.3 is 9.84 Å². The Morgan fingerprint density at radius 1 is 1.21 bits per heavy atom. The summed E-state index contributed by atoms with van der Waals surface area (Å²) in [5.41, 5.74) is 0.974. The minimum absolute atomic E-state index is 0.150. The zero-order valence-corrected chi connectivity index (χ0v) is 11.4. The number of carbonyl (C=O) groups is 1. The first-order valence-electron chi connectivity index (χ1n) is 5.47. The number of hydrogen-bond donors (Lipinski definition) is 1. The van der Waals surface area contributed by atoms with E-state index in [-0.39, 0.29) is 17.9 Å². The van der Waals surface area contributed by atoms with E-state index < -0.39 is 11.8 Å². The third kappa shape index (κ3) is 3.32. The van der Waals surface area contributed by atoms with E-state index in [4.69, 9.17) is 9.84 Å². The van der Waals surface area contributed by atoms with Crippen LogP contribution >= 0.6 is 15.9 Å². The molecule has 98 valence electrons. The summed E-state index contributed by atoms with van der Waals surface area (Å²) >= 11 is 3.08. The standard InChI is InChI=1S/C14H10BrFO3/c15-11-2-1-3-12(13(11)16)19-8-9-4-6-10(7-5-9)14(17)18/h1-7H,8H2,(H,17,18). The van der Waals surface area contributed by atoms with Crippen LogP contribution < -0.4 is 4.74 Å². The number of rotatable bonds is 4.